The van der Waals surface area contributed by atoms with Crippen molar-refractivity contribution in [3.05, 3.63) is 18.5 Å². The Morgan fingerprint density at radius 2 is 2.16 bits per heavy atom. The lowest BCUT2D eigenvalue weighted by atomic mass is 10.1. The number of piperidine rings is 1. The van der Waals surface area contributed by atoms with E-state index < -0.39 is 0 Å². The molecular formula is C14H22N4O. The van der Waals surface area contributed by atoms with Crippen molar-refractivity contribution in [2.75, 3.05) is 31.1 Å². The monoisotopic (exact) mass is 262 g/mol. The van der Waals surface area contributed by atoms with Gasteiger partial charge in [0.1, 0.15) is 0 Å². The molecule has 5 heteroatoms. The van der Waals surface area contributed by atoms with Gasteiger partial charge in [-0.3, -0.25) is 0 Å². The average Bonchev–Trinajstić information content (AvgIpc) is 3.00. The Kier molecular flexibility index (Phi) is 4.25. The molecule has 1 aromatic rings. The largest absolute Gasteiger partial charge is 0.377 e. The maximum Gasteiger partial charge on any atom is 0.225 e. The summed E-state index contributed by atoms with van der Waals surface area (Å²) in [4.78, 5) is 10.9. The zero-order valence-electron chi connectivity index (χ0n) is 11.3. The normalized spacial score (nSPS) is 27.7. The van der Waals surface area contributed by atoms with Crippen LogP contribution in [0.1, 0.15) is 25.7 Å². The number of rotatable bonds is 4. The molecule has 19 heavy (non-hydrogen) atoms. The zero-order chi connectivity index (χ0) is 12.9. The van der Waals surface area contributed by atoms with Crippen LogP contribution < -0.4 is 10.2 Å². The van der Waals surface area contributed by atoms with E-state index in [-0.39, 0.29) is 0 Å². The van der Waals surface area contributed by atoms with Crippen LogP contribution >= 0.6 is 0 Å². The maximum atomic E-state index is 5.65. The molecule has 2 aliphatic rings. The fourth-order valence-corrected chi connectivity index (χ4v) is 2.88. The van der Waals surface area contributed by atoms with E-state index in [1.54, 1.807) is 0 Å². The highest BCUT2D eigenvalue weighted by Gasteiger charge is 2.23. The first-order valence-electron chi connectivity index (χ1n) is 7.29. The van der Waals surface area contributed by atoms with E-state index in [0.29, 0.717) is 12.1 Å². The van der Waals surface area contributed by atoms with Gasteiger partial charge in [-0.25, -0.2) is 9.97 Å². The molecule has 2 fully saturated rings. The van der Waals surface area contributed by atoms with Gasteiger partial charge in [0, 0.05) is 44.7 Å². The van der Waals surface area contributed by atoms with Crippen molar-refractivity contribution in [2.24, 2.45) is 0 Å². The van der Waals surface area contributed by atoms with Gasteiger partial charge in [0.15, 0.2) is 0 Å². The summed E-state index contributed by atoms with van der Waals surface area (Å²) in [7, 11) is 0. The van der Waals surface area contributed by atoms with Crippen LogP contribution in [-0.2, 0) is 4.74 Å². The number of hydrogen-bond donors (Lipinski definition) is 1. The molecule has 1 N–H and O–H groups in total. The molecular weight excluding hydrogens is 240 g/mol. The number of nitrogens with zero attached hydrogens (tertiary/aromatic N) is 3. The van der Waals surface area contributed by atoms with E-state index in [0.717, 1.165) is 32.2 Å². The van der Waals surface area contributed by atoms with Gasteiger partial charge in [-0.2, -0.15) is 0 Å². The van der Waals surface area contributed by atoms with Gasteiger partial charge in [0.25, 0.3) is 0 Å². The van der Waals surface area contributed by atoms with Crippen LogP contribution in [-0.4, -0.2) is 48.4 Å². The summed E-state index contributed by atoms with van der Waals surface area (Å²) in [5, 5.41) is 3.64. The summed E-state index contributed by atoms with van der Waals surface area (Å²) in [6.45, 7) is 3.97. The second-order valence-corrected chi connectivity index (χ2v) is 5.38. The van der Waals surface area contributed by atoms with E-state index in [9.17, 15) is 0 Å². The molecule has 3 heterocycles. The lowest BCUT2D eigenvalue weighted by Gasteiger charge is -2.33. The van der Waals surface area contributed by atoms with Crippen LogP contribution in [0.3, 0.4) is 0 Å². The minimum atomic E-state index is 0.420. The molecule has 0 bridgehead atoms. The second-order valence-electron chi connectivity index (χ2n) is 5.38. The fraction of sp³-hybridized carbons (Fsp3) is 0.714. The maximum absolute atomic E-state index is 5.65. The van der Waals surface area contributed by atoms with Crippen molar-refractivity contribution in [2.45, 2.75) is 37.8 Å². The lowest BCUT2D eigenvalue weighted by molar-refractivity contribution is 0.107. The zero-order valence-corrected chi connectivity index (χ0v) is 11.3. The molecule has 104 valence electrons. The van der Waals surface area contributed by atoms with E-state index >= 15 is 0 Å². The molecule has 0 amide bonds. The Balaban J connectivity index is 1.50. The molecule has 3 rings (SSSR count). The summed E-state index contributed by atoms with van der Waals surface area (Å²) in [6.07, 6.45) is 8.88. The highest BCUT2D eigenvalue weighted by molar-refractivity contribution is 5.29. The lowest BCUT2D eigenvalue weighted by Crippen LogP contribution is -2.48. The minimum absolute atomic E-state index is 0.420. The quantitative estimate of drug-likeness (QED) is 0.884. The molecule has 2 atom stereocenters. The number of ether oxygens (including phenoxy) is 1. The molecule has 1 aromatic heterocycles. The molecule has 0 spiro atoms. The summed E-state index contributed by atoms with van der Waals surface area (Å²) in [5.41, 5.74) is 0. The summed E-state index contributed by atoms with van der Waals surface area (Å²) < 4.78 is 5.65. The molecule has 2 unspecified atom stereocenters. The van der Waals surface area contributed by atoms with Crippen LogP contribution in [0.4, 0.5) is 5.95 Å². The Morgan fingerprint density at radius 1 is 1.26 bits per heavy atom. The van der Waals surface area contributed by atoms with Crippen LogP contribution in [0.15, 0.2) is 18.5 Å². The molecule has 0 saturated carbocycles. The first-order chi connectivity index (χ1) is 9.42. The molecule has 2 saturated heterocycles. The smallest absolute Gasteiger partial charge is 0.225 e. The van der Waals surface area contributed by atoms with Crippen molar-refractivity contribution in [3.63, 3.8) is 0 Å². The van der Waals surface area contributed by atoms with Gasteiger partial charge in [-0.05, 0) is 31.7 Å². The third kappa shape index (κ3) is 3.42. The third-order valence-corrected chi connectivity index (χ3v) is 3.91. The highest BCUT2D eigenvalue weighted by Crippen LogP contribution is 2.16. The van der Waals surface area contributed by atoms with Gasteiger partial charge in [0.05, 0.1) is 6.10 Å². The van der Waals surface area contributed by atoms with Crippen molar-refractivity contribution >= 4 is 5.95 Å². The average molecular weight is 262 g/mol. The van der Waals surface area contributed by atoms with Gasteiger partial charge in [0.2, 0.25) is 5.95 Å². The van der Waals surface area contributed by atoms with E-state index in [1.165, 1.54) is 25.7 Å². The van der Waals surface area contributed by atoms with Crippen LogP contribution in [0.5, 0.6) is 0 Å². The number of aromatic nitrogens is 2. The van der Waals surface area contributed by atoms with Gasteiger partial charge in [-0.1, -0.05) is 0 Å². The van der Waals surface area contributed by atoms with Crippen molar-refractivity contribution in [3.8, 4) is 0 Å². The molecule has 0 aliphatic carbocycles. The van der Waals surface area contributed by atoms with Gasteiger partial charge >= 0.3 is 0 Å². The Bertz CT molecular complexity index is 380. The van der Waals surface area contributed by atoms with E-state index in [1.807, 2.05) is 18.5 Å². The summed E-state index contributed by atoms with van der Waals surface area (Å²) >= 11 is 0. The van der Waals surface area contributed by atoms with Gasteiger partial charge in [-0.15, -0.1) is 0 Å². The summed E-state index contributed by atoms with van der Waals surface area (Å²) in [6, 6.07) is 2.39. The van der Waals surface area contributed by atoms with E-state index in [4.69, 9.17) is 4.74 Å². The Hall–Kier alpha value is -1.20. The first-order valence-corrected chi connectivity index (χ1v) is 7.29. The number of anilines is 1. The predicted molar refractivity (Wildman–Crippen MR) is 74.2 cm³/mol. The second kappa shape index (κ2) is 6.30. The molecule has 2 aliphatic heterocycles. The van der Waals surface area contributed by atoms with Gasteiger partial charge < -0.3 is 15.0 Å². The molecule has 0 aromatic carbocycles. The molecule has 5 nitrogen and oxygen atoms in total. The summed E-state index contributed by atoms with van der Waals surface area (Å²) in [5.74, 6) is 0.853. The predicted octanol–water partition coefficient (Wildman–Crippen LogP) is 1.21. The molecule has 0 radical (unpaired) electrons. The Morgan fingerprint density at radius 3 is 2.95 bits per heavy atom. The third-order valence-electron chi connectivity index (χ3n) is 3.91. The van der Waals surface area contributed by atoms with E-state index in [2.05, 4.69) is 20.2 Å². The topological polar surface area (TPSA) is 50.3 Å². The van der Waals surface area contributed by atoms with Crippen LogP contribution in [0.25, 0.3) is 0 Å². The number of hydrogen-bond acceptors (Lipinski definition) is 5. The SMILES string of the molecule is c1cnc(N2CCCC(NCC3CCCO3)C2)nc1. The number of nitrogens with one attached hydrogen (secondary N) is 1. The first kappa shape index (κ1) is 12.8. The van der Waals surface area contributed by atoms with Crippen LogP contribution in [0, 0.1) is 0 Å². The van der Waals surface area contributed by atoms with Crippen molar-refractivity contribution < 1.29 is 4.74 Å². The Labute approximate surface area is 114 Å². The van der Waals surface area contributed by atoms with Crippen molar-refractivity contribution in [1.29, 1.82) is 0 Å². The van der Waals surface area contributed by atoms with Crippen LogP contribution in [0.2, 0.25) is 0 Å². The minimum Gasteiger partial charge on any atom is -0.377 e. The standard InChI is InChI=1S/C14H22N4O/c1-4-12(17-10-13-5-2-9-19-13)11-18(8-1)14-15-6-3-7-16-14/h3,6-7,12-13,17H,1-2,4-5,8-11H2. The van der Waals surface area contributed by atoms with Crippen molar-refractivity contribution in [1.82, 2.24) is 15.3 Å². The fourth-order valence-electron chi connectivity index (χ4n) is 2.88. The highest BCUT2D eigenvalue weighted by atomic mass is 16.5.